The number of amides is 1. The highest BCUT2D eigenvalue weighted by molar-refractivity contribution is 7.47. The first-order valence-electron chi connectivity index (χ1n) is 19.8. The fraction of sp³-hybridized carbons (Fsp3) is 0.558. The number of aliphatic carboxylic acids is 1. The molecule has 0 heterocycles. The Labute approximate surface area is 330 Å². The molecule has 3 unspecified atom stereocenters. The molecule has 0 aromatic rings. The molecule has 55 heavy (non-hydrogen) atoms. The fourth-order valence-electron chi connectivity index (χ4n) is 4.57. The Morgan fingerprint density at radius 1 is 0.618 bits per heavy atom. The zero-order chi connectivity index (χ0) is 40.7. The minimum absolute atomic E-state index is 0.0956. The van der Waals surface area contributed by atoms with Crippen molar-refractivity contribution >= 4 is 25.7 Å². The molecule has 0 saturated carbocycles. The molecule has 0 rings (SSSR count). The van der Waals surface area contributed by atoms with Crippen molar-refractivity contribution in [1.82, 2.24) is 5.32 Å². The zero-order valence-electron chi connectivity index (χ0n) is 33.2. The molecule has 0 spiro atoms. The Morgan fingerprint density at radius 2 is 1.09 bits per heavy atom. The van der Waals surface area contributed by atoms with E-state index in [0.29, 0.717) is 12.8 Å². The van der Waals surface area contributed by atoms with E-state index in [1.165, 1.54) is 0 Å². The van der Waals surface area contributed by atoms with Gasteiger partial charge in [0.15, 0.2) is 6.04 Å². The van der Waals surface area contributed by atoms with E-state index in [1.54, 1.807) is 12.2 Å². The van der Waals surface area contributed by atoms with E-state index in [-0.39, 0.29) is 12.8 Å². The number of carbonyl (C=O) groups is 3. The van der Waals surface area contributed by atoms with Gasteiger partial charge in [0.05, 0.1) is 13.2 Å². The predicted molar refractivity (Wildman–Crippen MR) is 221 cm³/mol. The molecule has 0 fully saturated rings. The second-order valence-electron chi connectivity index (χ2n) is 12.7. The number of hydrogen-bond acceptors (Lipinski definition) is 8. The van der Waals surface area contributed by atoms with Crippen molar-refractivity contribution in [3.8, 4) is 0 Å². The molecule has 0 aromatic heterocycles. The van der Waals surface area contributed by atoms with Crippen molar-refractivity contribution < 1.29 is 47.8 Å². The number of carboxylic acids is 1. The van der Waals surface area contributed by atoms with E-state index >= 15 is 0 Å². The third-order valence-electron chi connectivity index (χ3n) is 7.62. The Kier molecular flexibility index (Phi) is 34.9. The molecule has 0 aliphatic rings. The summed E-state index contributed by atoms with van der Waals surface area (Å²) in [6.45, 7) is 2.29. The van der Waals surface area contributed by atoms with Gasteiger partial charge in [-0.2, -0.15) is 0 Å². The molecule has 0 aromatic carbocycles. The van der Waals surface area contributed by atoms with Gasteiger partial charge >= 0.3 is 19.8 Å². The van der Waals surface area contributed by atoms with E-state index in [9.17, 15) is 34.1 Å². The minimum atomic E-state index is -4.78. The normalized spacial score (nSPS) is 14.8. The monoisotopic (exact) mass is 789 g/mol. The van der Waals surface area contributed by atoms with Gasteiger partial charge in [-0.1, -0.05) is 137 Å². The van der Waals surface area contributed by atoms with Gasteiger partial charge in [0.2, 0.25) is 5.91 Å². The van der Waals surface area contributed by atoms with Crippen LogP contribution in [0.25, 0.3) is 0 Å². The molecule has 0 bridgehead atoms. The lowest BCUT2D eigenvalue weighted by Gasteiger charge is -2.18. The summed E-state index contributed by atoms with van der Waals surface area (Å²) in [4.78, 5) is 45.6. The van der Waals surface area contributed by atoms with Crippen LogP contribution in [-0.4, -0.2) is 64.9 Å². The second-order valence-corrected chi connectivity index (χ2v) is 14.2. The van der Waals surface area contributed by atoms with Crippen LogP contribution in [0.2, 0.25) is 0 Å². The summed E-state index contributed by atoms with van der Waals surface area (Å²) in [7, 11) is -4.78. The number of ether oxygens (including phenoxy) is 1. The highest BCUT2D eigenvalue weighted by atomic mass is 31.2. The first-order chi connectivity index (χ1) is 26.6. The highest BCUT2D eigenvalue weighted by Crippen LogP contribution is 2.43. The molecule has 0 aliphatic heterocycles. The van der Waals surface area contributed by atoms with E-state index in [1.807, 2.05) is 12.2 Å². The van der Waals surface area contributed by atoms with E-state index < -0.39 is 57.6 Å². The molecule has 4 N–H and O–H groups in total. The number of aliphatic hydroxyl groups excluding tert-OH is 1. The summed E-state index contributed by atoms with van der Waals surface area (Å²) in [5.74, 6) is -2.58. The van der Waals surface area contributed by atoms with Crippen LogP contribution in [0.4, 0.5) is 0 Å². The van der Waals surface area contributed by atoms with Crippen LogP contribution in [0.1, 0.15) is 123 Å². The predicted octanol–water partition coefficient (Wildman–Crippen LogP) is 9.71. The summed E-state index contributed by atoms with van der Waals surface area (Å²) >= 11 is 0. The number of hydrogen-bond donors (Lipinski definition) is 4. The molecule has 0 aliphatic carbocycles. The number of esters is 1. The molecular weight excluding hydrogens is 721 g/mol. The summed E-state index contributed by atoms with van der Waals surface area (Å²) < 4.78 is 26.6. The Bertz CT molecular complexity index is 1300. The van der Waals surface area contributed by atoms with Crippen LogP contribution in [0.5, 0.6) is 0 Å². The number of unbranched alkanes of at least 4 members (excludes halogenated alkanes) is 6. The van der Waals surface area contributed by atoms with Crippen molar-refractivity contribution in [1.29, 1.82) is 0 Å². The summed E-state index contributed by atoms with van der Waals surface area (Å²) in [5.41, 5.74) is 0. The van der Waals surface area contributed by atoms with Crippen LogP contribution < -0.4 is 5.32 Å². The van der Waals surface area contributed by atoms with Crippen LogP contribution in [-0.2, 0) is 32.7 Å². The number of aliphatic hydroxyl groups is 1. The van der Waals surface area contributed by atoms with Crippen molar-refractivity contribution in [3.63, 3.8) is 0 Å². The number of carboxylic acid groups (broad SMARTS) is 1. The molecular formula is C43H68NO10P. The van der Waals surface area contributed by atoms with Gasteiger partial charge in [0.25, 0.3) is 0 Å². The van der Waals surface area contributed by atoms with Gasteiger partial charge in [-0.15, -0.1) is 0 Å². The zero-order valence-corrected chi connectivity index (χ0v) is 34.1. The third kappa shape index (κ3) is 37.1. The second kappa shape index (κ2) is 37.3. The summed E-state index contributed by atoms with van der Waals surface area (Å²) in [6.07, 6.45) is 46.2. The highest BCUT2D eigenvalue weighted by Gasteiger charge is 2.28. The van der Waals surface area contributed by atoms with Crippen LogP contribution in [0.3, 0.4) is 0 Å². The van der Waals surface area contributed by atoms with E-state index in [0.717, 1.165) is 83.5 Å². The fourth-order valence-corrected chi connectivity index (χ4v) is 5.34. The van der Waals surface area contributed by atoms with Gasteiger partial charge in [-0.3, -0.25) is 18.6 Å². The summed E-state index contributed by atoms with van der Waals surface area (Å²) in [6, 6.07) is -1.61. The number of carbonyl (C=O) groups excluding carboxylic acids is 2. The standard InChI is InChI=1S/C43H68NO10P/c1-3-5-7-9-11-13-15-16-17-18-19-20-21-22-23-24-25-26-28-30-32-34-41(46)44-40(43(48)49)38-54-55(50,51)53-37-39(45)36-52-42(47)35-33-31-29-27-14-12-10-8-6-4-2/h5,7-8,10-11,13,16-17,19-20,22-23,25-26,30,32,39-40,45H,3-4,6,9,12,14-15,18,21,24,27-29,31,33-38H2,1-2H3,(H,44,46)(H,48,49)(H,50,51)/b7-5-,10-8-,13-11-,17-16-,20-19-,23-22-,26-25-,32-30-. The average molecular weight is 790 g/mol. The van der Waals surface area contributed by atoms with Crippen LogP contribution in [0.15, 0.2) is 97.2 Å². The molecule has 0 saturated heterocycles. The lowest BCUT2D eigenvalue weighted by Crippen LogP contribution is -2.43. The third-order valence-corrected chi connectivity index (χ3v) is 8.57. The van der Waals surface area contributed by atoms with E-state index in [4.69, 9.17) is 13.8 Å². The maximum absolute atomic E-state index is 12.2. The number of allylic oxidation sites excluding steroid dienone is 15. The maximum atomic E-state index is 12.2. The molecule has 12 heteroatoms. The first-order valence-corrected chi connectivity index (χ1v) is 21.3. The van der Waals surface area contributed by atoms with Crippen molar-refractivity contribution in [2.45, 2.75) is 135 Å². The quantitative estimate of drug-likeness (QED) is 0.0210. The molecule has 3 atom stereocenters. The van der Waals surface area contributed by atoms with Gasteiger partial charge in [0, 0.05) is 12.8 Å². The molecule has 310 valence electrons. The molecule has 1 amide bonds. The number of phosphoric ester groups is 1. The number of phosphoric acid groups is 1. The number of rotatable bonds is 35. The lowest BCUT2D eigenvalue weighted by molar-refractivity contribution is -0.147. The van der Waals surface area contributed by atoms with Crippen molar-refractivity contribution in [2.24, 2.45) is 0 Å². The lowest BCUT2D eigenvalue weighted by atomic mass is 10.1. The van der Waals surface area contributed by atoms with Gasteiger partial charge in [-0.25, -0.2) is 9.36 Å². The minimum Gasteiger partial charge on any atom is -0.480 e. The Balaban J connectivity index is 4.14. The smallest absolute Gasteiger partial charge is 0.472 e. The Hall–Kier alpha value is -3.60. The largest absolute Gasteiger partial charge is 0.480 e. The first kappa shape index (κ1) is 51.4. The van der Waals surface area contributed by atoms with Gasteiger partial charge < -0.3 is 25.2 Å². The number of nitrogens with one attached hydrogen (secondary N) is 1. The van der Waals surface area contributed by atoms with Gasteiger partial charge in [-0.05, 0) is 70.6 Å². The topological polar surface area (TPSA) is 169 Å². The Morgan fingerprint density at radius 3 is 1.62 bits per heavy atom. The van der Waals surface area contributed by atoms with E-state index in [2.05, 4.69) is 92.1 Å². The van der Waals surface area contributed by atoms with Crippen molar-refractivity contribution in [2.75, 3.05) is 19.8 Å². The average Bonchev–Trinajstić information content (AvgIpc) is 3.16. The van der Waals surface area contributed by atoms with Crippen LogP contribution in [0, 0.1) is 0 Å². The molecule has 11 nitrogen and oxygen atoms in total. The van der Waals surface area contributed by atoms with Crippen LogP contribution >= 0.6 is 7.82 Å². The van der Waals surface area contributed by atoms with Gasteiger partial charge in [0.1, 0.15) is 12.7 Å². The maximum Gasteiger partial charge on any atom is 0.472 e. The molecule has 0 radical (unpaired) electrons. The SMILES string of the molecule is CC/C=C\C/C=C\C/C=C\C/C=C\C/C=C\C/C=C\C/C=C\CC(=O)NC(COP(=O)(O)OCC(O)COC(=O)CCCCCCC/C=C\CCC)C(=O)O. The summed E-state index contributed by atoms with van der Waals surface area (Å²) in [5, 5.41) is 21.6. The van der Waals surface area contributed by atoms with Crippen molar-refractivity contribution in [3.05, 3.63) is 97.2 Å².